The lowest BCUT2D eigenvalue weighted by Crippen LogP contribution is -2.69. The van der Waals surface area contributed by atoms with E-state index in [-0.39, 0.29) is 17.5 Å². The van der Waals surface area contributed by atoms with Crippen molar-refractivity contribution in [2.75, 3.05) is 36.5 Å². The number of halogens is 1. The van der Waals surface area contributed by atoms with Crippen LogP contribution in [-0.4, -0.2) is 66.7 Å². The fourth-order valence-corrected chi connectivity index (χ4v) is 4.62. The minimum Gasteiger partial charge on any atom is -0.483 e. The van der Waals surface area contributed by atoms with Crippen molar-refractivity contribution < 1.29 is 19.1 Å². The van der Waals surface area contributed by atoms with Gasteiger partial charge in [-0.05, 0) is 62.7 Å². The summed E-state index contributed by atoms with van der Waals surface area (Å²) in [6, 6.07) is 3.53. The third-order valence-electron chi connectivity index (χ3n) is 5.87. The number of likely N-dealkylation sites (tertiary alicyclic amines) is 1. The van der Waals surface area contributed by atoms with Gasteiger partial charge < -0.3 is 24.2 Å². The molecule has 0 aromatic heterocycles. The number of rotatable bonds is 2. The second-order valence-electron chi connectivity index (χ2n) is 9.50. The van der Waals surface area contributed by atoms with Gasteiger partial charge in [0, 0.05) is 24.6 Å². The van der Waals surface area contributed by atoms with Crippen molar-refractivity contribution in [3.05, 3.63) is 16.6 Å². The third-order valence-corrected chi connectivity index (χ3v) is 6.51. The molecule has 0 spiro atoms. The van der Waals surface area contributed by atoms with E-state index < -0.39 is 11.6 Å². The number of carbonyl (C=O) groups is 2. The highest BCUT2D eigenvalue weighted by atomic mass is 79.9. The zero-order valence-electron chi connectivity index (χ0n) is 18.7. The standard InChI is InChI=1S/C21H28BrN5O4/c1-12-18(28)24-23-17-9-30-16-7-13(22)14(8-15(16)27(12)17)25(6)21(5)10-26(11-21)19(29)31-20(2,3)4/h7-8,12H,9-11H2,1-6H3,(H,24,28)/t12-/m1/s1. The Labute approximate surface area is 190 Å². The predicted octanol–water partition coefficient (Wildman–Crippen LogP) is 2.93. The summed E-state index contributed by atoms with van der Waals surface area (Å²) in [6.07, 6.45) is -0.301. The molecule has 3 heterocycles. The van der Waals surface area contributed by atoms with Gasteiger partial charge in [0.05, 0.1) is 16.9 Å². The Morgan fingerprint density at radius 1 is 1.39 bits per heavy atom. The van der Waals surface area contributed by atoms with Crippen molar-refractivity contribution in [3.8, 4) is 5.75 Å². The van der Waals surface area contributed by atoms with E-state index in [4.69, 9.17) is 9.47 Å². The summed E-state index contributed by atoms with van der Waals surface area (Å²) in [5.74, 6) is 1.20. The Morgan fingerprint density at radius 3 is 2.71 bits per heavy atom. The Kier molecular flexibility index (Phi) is 5.11. The first-order valence-corrected chi connectivity index (χ1v) is 11.0. The van der Waals surface area contributed by atoms with Crippen LogP contribution >= 0.6 is 15.9 Å². The minimum absolute atomic E-state index is 0.159. The first-order valence-electron chi connectivity index (χ1n) is 10.2. The molecule has 0 unspecified atom stereocenters. The van der Waals surface area contributed by atoms with Gasteiger partial charge in [0.25, 0.3) is 5.91 Å². The highest BCUT2D eigenvalue weighted by molar-refractivity contribution is 9.10. The van der Waals surface area contributed by atoms with E-state index >= 15 is 0 Å². The number of ether oxygens (including phenoxy) is 2. The molecule has 10 heteroatoms. The van der Waals surface area contributed by atoms with Gasteiger partial charge in [0.1, 0.15) is 24.0 Å². The molecule has 2 amide bonds. The Balaban J connectivity index is 1.59. The first-order chi connectivity index (χ1) is 14.4. The average molecular weight is 494 g/mol. The number of hydrogen-bond donors (Lipinski definition) is 1. The number of nitrogens with zero attached hydrogens (tertiary/aromatic N) is 4. The summed E-state index contributed by atoms with van der Waals surface area (Å²) in [5.41, 5.74) is 3.50. The highest BCUT2D eigenvalue weighted by Gasteiger charge is 2.47. The van der Waals surface area contributed by atoms with Crippen molar-refractivity contribution >= 4 is 45.1 Å². The van der Waals surface area contributed by atoms with Gasteiger partial charge in [0.15, 0.2) is 5.84 Å². The Bertz CT molecular complexity index is 967. The second-order valence-corrected chi connectivity index (χ2v) is 10.4. The van der Waals surface area contributed by atoms with E-state index in [0.717, 1.165) is 15.8 Å². The van der Waals surface area contributed by atoms with E-state index in [9.17, 15) is 9.59 Å². The summed E-state index contributed by atoms with van der Waals surface area (Å²) < 4.78 is 12.2. The number of carbonyl (C=O) groups excluding carboxylic acids is 2. The molecule has 1 atom stereocenters. The van der Waals surface area contributed by atoms with Crippen molar-refractivity contribution in [2.24, 2.45) is 5.10 Å². The molecule has 0 saturated carbocycles. The first kappa shape index (κ1) is 21.7. The lowest BCUT2D eigenvalue weighted by atomic mass is 9.90. The Morgan fingerprint density at radius 2 is 2.06 bits per heavy atom. The molecule has 1 saturated heterocycles. The van der Waals surface area contributed by atoms with Crippen LogP contribution in [-0.2, 0) is 9.53 Å². The summed E-state index contributed by atoms with van der Waals surface area (Å²) >= 11 is 3.67. The van der Waals surface area contributed by atoms with E-state index in [0.29, 0.717) is 31.3 Å². The van der Waals surface area contributed by atoms with Crippen molar-refractivity contribution in [1.29, 1.82) is 0 Å². The zero-order valence-corrected chi connectivity index (χ0v) is 20.2. The third kappa shape index (κ3) is 3.81. The fourth-order valence-electron chi connectivity index (χ4n) is 4.03. The molecule has 1 N–H and O–H groups in total. The van der Waals surface area contributed by atoms with Gasteiger partial charge >= 0.3 is 6.09 Å². The summed E-state index contributed by atoms with van der Waals surface area (Å²) in [5, 5.41) is 4.15. The van der Waals surface area contributed by atoms with Gasteiger partial charge in [0.2, 0.25) is 0 Å². The topological polar surface area (TPSA) is 86.7 Å². The van der Waals surface area contributed by atoms with Gasteiger partial charge in [-0.3, -0.25) is 4.79 Å². The number of nitrogens with one attached hydrogen (secondary N) is 1. The molecule has 0 bridgehead atoms. The molecule has 0 aliphatic carbocycles. The van der Waals surface area contributed by atoms with Crippen LogP contribution in [0.1, 0.15) is 34.6 Å². The smallest absolute Gasteiger partial charge is 0.410 e. The van der Waals surface area contributed by atoms with Crippen molar-refractivity contribution in [3.63, 3.8) is 0 Å². The summed E-state index contributed by atoms with van der Waals surface area (Å²) in [7, 11) is 2.00. The lowest BCUT2D eigenvalue weighted by Gasteiger charge is -2.53. The molecule has 1 aromatic rings. The van der Waals surface area contributed by atoms with Gasteiger partial charge in [-0.2, -0.15) is 5.10 Å². The van der Waals surface area contributed by atoms with Crippen LogP contribution < -0.4 is 20.0 Å². The molecule has 31 heavy (non-hydrogen) atoms. The van der Waals surface area contributed by atoms with Gasteiger partial charge in [-0.15, -0.1) is 0 Å². The van der Waals surface area contributed by atoms with E-state index in [1.807, 2.05) is 51.8 Å². The van der Waals surface area contributed by atoms with Crippen LogP contribution in [0.15, 0.2) is 21.7 Å². The van der Waals surface area contributed by atoms with Crippen molar-refractivity contribution in [2.45, 2.75) is 51.8 Å². The van der Waals surface area contributed by atoms with E-state index in [1.165, 1.54) is 0 Å². The van der Waals surface area contributed by atoms with Crippen LogP contribution in [0, 0.1) is 0 Å². The van der Waals surface area contributed by atoms with E-state index in [1.54, 1.807) is 4.90 Å². The highest BCUT2D eigenvalue weighted by Crippen LogP contribution is 2.44. The van der Waals surface area contributed by atoms with E-state index in [2.05, 4.69) is 38.3 Å². The number of anilines is 2. The lowest BCUT2D eigenvalue weighted by molar-refractivity contribution is -0.122. The number of hydrogen-bond acceptors (Lipinski definition) is 7. The Hall–Kier alpha value is -2.49. The largest absolute Gasteiger partial charge is 0.483 e. The number of likely N-dealkylation sites (N-methyl/N-ethyl adjacent to an activating group) is 1. The predicted molar refractivity (Wildman–Crippen MR) is 122 cm³/mol. The maximum Gasteiger partial charge on any atom is 0.410 e. The number of fused-ring (bicyclic) bond motifs is 3. The number of amidine groups is 1. The molecule has 3 aliphatic rings. The molecule has 4 rings (SSSR count). The minimum atomic E-state index is -0.521. The second kappa shape index (κ2) is 7.29. The van der Waals surface area contributed by atoms with Gasteiger partial charge in [-0.25, -0.2) is 10.2 Å². The van der Waals surface area contributed by atoms with Crippen LogP contribution in [0.25, 0.3) is 0 Å². The van der Waals surface area contributed by atoms with Crippen molar-refractivity contribution in [1.82, 2.24) is 10.3 Å². The normalized spacial score (nSPS) is 21.7. The SMILES string of the molecule is C[C@@H]1C(=O)NN=C2COc3cc(Br)c(N(C)C4(C)CN(C(=O)OC(C)(C)C)C4)cc3N21. The van der Waals surface area contributed by atoms with Crippen LogP contribution in [0.4, 0.5) is 16.2 Å². The monoisotopic (exact) mass is 493 g/mol. The van der Waals surface area contributed by atoms with Crippen LogP contribution in [0.3, 0.4) is 0 Å². The number of hydrazone groups is 1. The van der Waals surface area contributed by atoms with Crippen LogP contribution in [0.5, 0.6) is 5.75 Å². The number of benzene rings is 1. The fraction of sp³-hybridized carbons (Fsp3) is 0.571. The molecule has 3 aliphatic heterocycles. The number of amides is 2. The quantitative estimate of drug-likeness (QED) is 0.681. The molecule has 1 fully saturated rings. The molecule has 9 nitrogen and oxygen atoms in total. The molecular formula is C21H28BrN5O4. The maximum absolute atomic E-state index is 12.4. The molecular weight excluding hydrogens is 466 g/mol. The molecule has 168 valence electrons. The average Bonchev–Trinajstić information content (AvgIpc) is 2.65. The zero-order chi connectivity index (χ0) is 22.7. The molecule has 1 aromatic carbocycles. The van der Waals surface area contributed by atoms with Gasteiger partial charge in [-0.1, -0.05) is 0 Å². The molecule has 0 radical (unpaired) electrons. The summed E-state index contributed by atoms with van der Waals surface area (Å²) in [4.78, 5) is 30.3. The maximum atomic E-state index is 12.4. The summed E-state index contributed by atoms with van der Waals surface area (Å²) in [6.45, 7) is 10.9. The van der Waals surface area contributed by atoms with Crippen LogP contribution in [0.2, 0.25) is 0 Å².